The van der Waals surface area contributed by atoms with Gasteiger partial charge in [0.15, 0.2) is 0 Å². The number of imidazole rings is 1. The largest absolute Gasteiger partial charge is 0.489 e. The third-order valence-corrected chi connectivity index (χ3v) is 5.57. The van der Waals surface area contributed by atoms with Gasteiger partial charge in [0.25, 0.3) is 5.91 Å². The molecule has 2 N–H and O–H groups in total. The lowest BCUT2D eigenvalue weighted by molar-refractivity contribution is -0.137. The van der Waals surface area contributed by atoms with Crippen LogP contribution in [0.5, 0.6) is 5.75 Å². The number of rotatable bonds is 10. The van der Waals surface area contributed by atoms with Gasteiger partial charge >= 0.3 is 5.97 Å². The van der Waals surface area contributed by atoms with Gasteiger partial charge in [-0.2, -0.15) is 0 Å². The first-order valence-corrected chi connectivity index (χ1v) is 12.6. The van der Waals surface area contributed by atoms with Gasteiger partial charge in [-0.1, -0.05) is 48.4 Å². The summed E-state index contributed by atoms with van der Waals surface area (Å²) in [7, 11) is 0. The number of amides is 1. The molecule has 8 heteroatoms. The molecule has 1 heterocycles. The van der Waals surface area contributed by atoms with Crippen LogP contribution in [0.15, 0.2) is 48.7 Å². The first-order valence-electron chi connectivity index (χ1n) is 12.2. The second-order valence-electron chi connectivity index (χ2n) is 8.61. The molecule has 0 bridgehead atoms. The predicted molar refractivity (Wildman–Crippen MR) is 144 cm³/mol. The number of hydrogen-bond acceptors (Lipinski definition) is 4. The Balaban J connectivity index is 0.000000259. The molecule has 0 fully saturated rings. The van der Waals surface area contributed by atoms with E-state index in [0.717, 1.165) is 24.5 Å². The van der Waals surface area contributed by atoms with Crippen molar-refractivity contribution in [3.05, 3.63) is 70.6 Å². The van der Waals surface area contributed by atoms with Crippen LogP contribution in [0.25, 0.3) is 11.3 Å². The van der Waals surface area contributed by atoms with E-state index in [0.29, 0.717) is 29.3 Å². The van der Waals surface area contributed by atoms with Crippen molar-refractivity contribution in [1.29, 1.82) is 0 Å². The lowest BCUT2D eigenvalue weighted by Gasteiger charge is -2.12. The molecule has 1 aromatic heterocycles. The Morgan fingerprint density at radius 3 is 2.36 bits per heavy atom. The van der Waals surface area contributed by atoms with Gasteiger partial charge in [0, 0.05) is 43.3 Å². The van der Waals surface area contributed by atoms with E-state index in [1.807, 2.05) is 13.8 Å². The summed E-state index contributed by atoms with van der Waals surface area (Å²) in [6.45, 7) is 11.5. The molecule has 2 aromatic carbocycles. The van der Waals surface area contributed by atoms with Gasteiger partial charge in [-0.25, -0.2) is 4.98 Å². The number of nitrogens with zero attached hydrogens (tertiary/aromatic N) is 2. The van der Waals surface area contributed by atoms with E-state index in [9.17, 15) is 9.59 Å². The van der Waals surface area contributed by atoms with Gasteiger partial charge in [0.2, 0.25) is 0 Å². The van der Waals surface area contributed by atoms with Crippen molar-refractivity contribution in [3.63, 3.8) is 0 Å². The van der Waals surface area contributed by atoms with E-state index in [1.165, 1.54) is 17.2 Å². The molecule has 0 aliphatic rings. The highest BCUT2D eigenvalue weighted by Gasteiger charge is 2.10. The lowest BCUT2D eigenvalue weighted by Crippen LogP contribution is -2.24. The highest BCUT2D eigenvalue weighted by Crippen LogP contribution is 2.26. The third kappa shape index (κ3) is 9.04. The maximum absolute atomic E-state index is 11.8. The number of carboxylic acids is 1. The molecule has 0 saturated carbocycles. The van der Waals surface area contributed by atoms with Crippen molar-refractivity contribution >= 4 is 23.5 Å². The van der Waals surface area contributed by atoms with Crippen LogP contribution in [-0.2, 0) is 17.8 Å². The first kappa shape index (κ1) is 28.9. The molecule has 0 spiro atoms. The smallest absolute Gasteiger partial charge is 0.303 e. The van der Waals surface area contributed by atoms with E-state index >= 15 is 0 Å². The van der Waals surface area contributed by atoms with Gasteiger partial charge in [-0.3, -0.25) is 9.59 Å². The molecule has 0 unspecified atom stereocenters. The van der Waals surface area contributed by atoms with E-state index in [1.54, 1.807) is 12.1 Å². The monoisotopic (exact) mass is 513 g/mol. The summed E-state index contributed by atoms with van der Waals surface area (Å²) in [5, 5.41) is 11.5. The van der Waals surface area contributed by atoms with Crippen LogP contribution >= 0.6 is 11.6 Å². The maximum atomic E-state index is 11.8. The number of carboxylic acid groups (broad SMARTS) is 1. The van der Waals surface area contributed by atoms with E-state index in [-0.39, 0.29) is 18.4 Å². The molecule has 0 atom stereocenters. The zero-order valence-corrected chi connectivity index (χ0v) is 22.4. The van der Waals surface area contributed by atoms with Crippen LogP contribution < -0.4 is 10.1 Å². The van der Waals surface area contributed by atoms with Crippen molar-refractivity contribution in [1.82, 2.24) is 14.9 Å². The Morgan fingerprint density at radius 1 is 1.14 bits per heavy atom. The fourth-order valence-corrected chi connectivity index (χ4v) is 3.63. The fourth-order valence-electron chi connectivity index (χ4n) is 3.41. The van der Waals surface area contributed by atoms with Crippen molar-refractivity contribution in [2.45, 2.75) is 66.5 Å². The number of benzene rings is 2. The summed E-state index contributed by atoms with van der Waals surface area (Å²) >= 11 is 6.04. The zero-order valence-electron chi connectivity index (χ0n) is 21.7. The maximum Gasteiger partial charge on any atom is 0.303 e. The van der Waals surface area contributed by atoms with Crippen LogP contribution in [0.3, 0.4) is 0 Å². The second kappa shape index (κ2) is 14.3. The number of ether oxygens (including phenoxy) is 1. The van der Waals surface area contributed by atoms with Gasteiger partial charge in [0.05, 0.1) is 16.8 Å². The number of halogens is 1. The highest BCUT2D eigenvalue weighted by molar-refractivity contribution is 6.32. The van der Waals surface area contributed by atoms with Gasteiger partial charge in [0.1, 0.15) is 11.6 Å². The number of nitrogens with one attached hydrogen (secondary N) is 1. The molecule has 0 aliphatic carbocycles. The average Bonchev–Trinajstić information content (AvgIpc) is 3.27. The molecule has 194 valence electrons. The van der Waals surface area contributed by atoms with Crippen LogP contribution in [0.1, 0.15) is 62.3 Å². The molecule has 7 nitrogen and oxygen atoms in total. The molecule has 3 aromatic rings. The average molecular weight is 514 g/mol. The highest BCUT2D eigenvalue weighted by atomic mass is 35.5. The number of hydrogen-bond donors (Lipinski definition) is 2. The van der Waals surface area contributed by atoms with E-state index < -0.39 is 5.97 Å². The SMILES string of the molecule is CC(C)Oc1ccc(C(=O)NCCCC(=O)O)cc1Cl.CCc1nc(-c2ccc(C)cc2)cn1CC. The van der Waals surface area contributed by atoms with Crippen LogP contribution in [-0.4, -0.2) is 39.2 Å². The van der Waals surface area contributed by atoms with Crippen molar-refractivity contribution in [2.24, 2.45) is 0 Å². The second-order valence-corrected chi connectivity index (χ2v) is 9.02. The molecule has 3 rings (SSSR count). The zero-order chi connectivity index (χ0) is 26.7. The molecule has 0 saturated heterocycles. The lowest BCUT2D eigenvalue weighted by atomic mass is 10.1. The first-order chi connectivity index (χ1) is 17.1. The summed E-state index contributed by atoms with van der Waals surface area (Å²) in [5.74, 6) is 0.535. The number of aliphatic carboxylic acids is 1. The molecular formula is C28H36ClN3O4. The number of aryl methyl sites for hydroxylation is 3. The van der Waals surface area contributed by atoms with Crippen molar-refractivity contribution < 1.29 is 19.4 Å². The number of carbonyl (C=O) groups is 2. The van der Waals surface area contributed by atoms with Gasteiger partial charge in [-0.15, -0.1) is 0 Å². The molecule has 1 amide bonds. The Bertz CT molecular complexity index is 1120. The predicted octanol–water partition coefficient (Wildman–Crippen LogP) is 6.16. The summed E-state index contributed by atoms with van der Waals surface area (Å²) in [5.41, 5.74) is 3.99. The van der Waals surface area contributed by atoms with Crippen LogP contribution in [0.4, 0.5) is 0 Å². The minimum atomic E-state index is -0.877. The Hall–Kier alpha value is -3.32. The Kier molecular flexibility index (Phi) is 11.5. The third-order valence-electron chi connectivity index (χ3n) is 5.27. The fraction of sp³-hybridized carbons (Fsp3) is 0.393. The quantitative estimate of drug-likeness (QED) is 0.316. The Labute approximate surface area is 218 Å². The number of aromatic nitrogens is 2. The summed E-state index contributed by atoms with van der Waals surface area (Å²) in [6, 6.07) is 13.3. The van der Waals surface area contributed by atoms with Crippen molar-refractivity contribution in [3.8, 4) is 17.0 Å². The van der Waals surface area contributed by atoms with Gasteiger partial charge < -0.3 is 19.7 Å². The standard InChI is InChI=1S/C14H18ClNO4.C14H18N2/c1-9(2)20-12-6-5-10(8-11(12)15)14(19)16-7-3-4-13(17)18;1-4-14-15-13(10-16(14)5-2)12-8-6-11(3)7-9-12/h5-6,8-9H,3-4,7H2,1-2H3,(H,16,19)(H,17,18);6-10H,4-5H2,1-3H3. The minimum absolute atomic E-state index is 0.00296. The van der Waals surface area contributed by atoms with E-state index in [2.05, 4.69) is 66.1 Å². The van der Waals surface area contributed by atoms with Gasteiger partial charge in [-0.05, 0) is 52.3 Å². The van der Waals surface area contributed by atoms with Crippen LogP contribution in [0.2, 0.25) is 5.02 Å². The Morgan fingerprint density at radius 2 is 1.83 bits per heavy atom. The van der Waals surface area contributed by atoms with E-state index in [4.69, 9.17) is 21.4 Å². The minimum Gasteiger partial charge on any atom is -0.489 e. The molecular weight excluding hydrogens is 478 g/mol. The summed E-state index contributed by atoms with van der Waals surface area (Å²) in [4.78, 5) is 26.8. The topological polar surface area (TPSA) is 93.4 Å². The normalized spacial score (nSPS) is 10.5. The summed E-state index contributed by atoms with van der Waals surface area (Å²) < 4.78 is 7.69. The number of carbonyl (C=O) groups excluding carboxylic acids is 1. The molecule has 0 aliphatic heterocycles. The van der Waals surface area contributed by atoms with Crippen molar-refractivity contribution in [2.75, 3.05) is 6.54 Å². The molecule has 36 heavy (non-hydrogen) atoms. The summed E-state index contributed by atoms with van der Waals surface area (Å²) in [6.07, 6.45) is 3.55. The molecule has 0 radical (unpaired) electrons. The van der Waals surface area contributed by atoms with Crippen LogP contribution in [0, 0.1) is 6.92 Å².